The van der Waals surface area contributed by atoms with E-state index in [9.17, 15) is 34.3 Å². The molecule has 2 aromatic rings. The SMILES string of the molecule is Cc1cn([C@H]2C[C@H](O)[C@@H](COP(=O)([O-])Oc3ccc([N+](=O)[O-])cc3)O2)c(=O)[nH]c1=O.[Na+]. The maximum absolute atomic E-state index is 12.0. The van der Waals surface area contributed by atoms with E-state index in [-0.39, 0.29) is 53.0 Å². The summed E-state index contributed by atoms with van der Waals surface area (Å²) in [6.45, 7) is 0.895. The number of aliphatic hydroxyl groups is 1. The fraction of sp³-hybridized carbons (Fsp3) is 0.375. The number of hydrogen-bond donors (Lipinski definition) is 2. The van der Waals surface area contributed by atoms with Gasteiger partial charge in [-0.3, -0.25) is 29.0 Å². The number of non-ortho nitro benzene ring substituents is 1. The zero-order valence-electron chi connectivity index (χ0n) is 16.5. The second-order valence-corrected chi connectivity index (χ2v) is 7.83. The van der Waals surface area contributed by atoms with Gasteiger partial charge in [-0.2, -0.15) is 0 Å². The minimum absolute atomic E-state index is 0. The number of aliphatic hydroxyl groups excluding tert-OH is 1. The van der Waals surface area contributed by atoms with Crippen molar-refractivity contribution in [3.63, 3.8) is 0 Å². The van der Waals surface area contributed by atoms with Crippen molar-refractivity contribution in [2.75, 3.05) is 6.61 Å². The van der Waals surface area contributed by atoms with Gasteiger partial charge >= 0.3 is 43.1 Å². The molecule has 1 aliphatic heterocycles. The van der Waals surface area contributed by atoms with Gasteiger partial charge in [0.2, 0.25) is 0 Å². The predicted octanol–water partition coefficient (Wildman–Crippen LogP) is -3.03. The summed E-state index contributed by atoms with van der Waals surface area (Å²) in [4.78, 5) is 47.5. The van der Waals surface area contributed by atoms with Gasteiger partial charge in [-0.25, -0.2) is 4.79 Å². The standard InChI is InChI=1S/C16H18N3O10P.Na/c1-9-7-18(16(22)17-15(9)21)14-6-12(20)13(28-14)8-27-30(25,26)29-11-4-2-10(3-5-11)19(23)24;/h2-5,7,12-14,20H,6,8H2,1H3,(H,25,26)(H,17,21,22);/q;+1/p-1/t12-,13+,14+;/m0./s1. The summed E-state index contributed by atoms with van der Waals surface area (Å²) in [7, 11) is -4.87. The molecular weight excluding hydrogens is 448 g/mol. The summed E-state index contributed by atoms with van der Waals surface area (Å²) >= 11 is 0. The Bertz CT molecular complexity index is 1100. The Morgan fingerprint density at radius 2 is 2.00 bits per heavy atom. The molecule has 1 aromatic carbocycles. The topological polar surface area (TPSA) is 186 Å². The Labute approximate surface area is 196 Å². The molecule has 0 amide bonds. The van der Waals surface area contributed by atoms with Gasteiger partial charge in [0.05, 0.1) is 17.6 Å². The maximum Gasteiger partial charge on any atom is 1.00 e. The predicted molar refractivity (Wildman–Crippen MR) is 97.9 cm³/mol. The molecule has 0 spiro atoms. The number of aromatic nitrogens is 2. The molecule has 1 aromatic heterocycles. The molecule has 31 heavy (non-hydrogen) atoms. The number of ether oxygens (including phenoxy) is 1. The van der Waals surface area contributed by atoms with E-state index in [1.165, 1.54) is 13.1 Å². The van der Waals surface area contributed by atoms with Crippen LogP contribution in [-0.4, -0.2) is 38.4 Å². The van der Waals surface area contributed by atoms with Crippen LogP contribution in [0.15, 0.2) is 40.1 Å². The third-order valence-corrected chi connectivity index (χ3v) is 5.22. The van der Waals surface area contributed by atoms with Crippen LogP contribution in [0.5, 0.6) is 5.75 Å². The number of nitro benzene ring substituents is 1. The van der Waals surface area contributed by atoms with E-state index in [1.807, 2.05) is 0 Å². The second-order valence-electron chi connectivity index (χ2n) is 6.50. The molecule has 4 atom stereocenters. The number of hydrogen-bond acceptors (Lipinski definition) is 10. The molecule has 2 heterocycles. The van der Waals surface area contributed by atoms with Crippen LogP contribution in [0.4, 0.5) is 5.69 Å². The molecule has 0 bridgehead atoms. The molecule has 1 unspecified atom stereocenters. The van der Waals surface area contributed by atoms with Gasteiger partial charge in [-0.05, 0) is 19.1 Å². The van der Waals surface area contributed by atoms with Gasteiger partial charge in [0.15, 0.2) is 0 Å². The Kier molecular flexibility index (Phi) is 8.36. The molecule has 162 valence electrons. The number of nitro groups is 1. The number of nitrogens with zero attached hydrogens (tertiary/aromatic N) is 2. The fourth-order valence-corrected chi connectivity index (χ4v) is 3.55. The summed E-state index contributed by atoms with van der Waals surface area (Å²) in [5.41, 5.74) is -1.27. The third kappa shape index (κ3) is 6.34. The van der Waals surface area contributed by atoms with Crippen molar-refractivity contribution in [2.24, 2.45) is 0 Å². The Hall–Kier alpha value is -1.83. The number of H-pyrrole nitrogens is 1. The van der Waals surface area contributed by atoms with E-state index >= 15 is 0 Å². The summed E-state index contributed by atoms with van der Waals surface area (Å²) in [5, 5.41) is 20.7. The van der Waals surface area contributed by atoms with Crippen LogP contribution in [-0.2, 0) is 13.8 Å². The van der Waals surface area contributed by atoms with E-state index in [2.05, 4.69) is 4.98 Å². The van der Waals surface area contributed by atoms with Crippen LogP contribution in [0, 0.1) is 17.0 Å². The molecule has 3 rings (SSSR count). The van der Waals surface area contributed by atoms with Crippen LogP contribution in [0.1, 0.15) is 18.2 Å². The van der Waals surface area contributed by atoms with Crippen molar-refractivity contribution >= 4 is 13.5 Å². The van der Waals surface area contributed by atoms with E-state index in [0.29, 0.717) is 0 Å². The van der Waals surface area contributed by atoms with Crippen molar-refractivity contribution in [3.05, 3.63) is 67.0 Å². The first kappa shape index (κ1) is 25.4. The van der Waals surface area contributed by atoms with E-state index in [0.717, 1.165) is 28.8 Å². The molecule has 1 aliphatic rings. The van der Waals surface area contributed by atoms with Crippen LogP contribution in [0.2, 0.25) is 0 Å². The van der Waals surface area contributed by atoms with Crippen molar-refractivity contribution < 1.29 is 62.8 Å². The van der Waals surface area contributed by atoms with Crippen LogP contribution in [0.3, 0.4) is 0 Å². The van der Waals surface area contributed by atoms with Gasteiger partial charge < -0.3 is 23.8 Å². The maximum atomic E-state index is 12.0. The minimum atomic E-state index is -4.87. The van der Waals surface area contributed by atoms with Gasteiger partial charge in [0.25, 0.3) is 11.2 Å². The first-order chi connectivity index (χ1) is 14.1. The van der Waals surface area contributed by atoms with E-state index in [1.54, 1.807) is 0 Å². The van der Waals surface area contributed by atoms with Crippen LogP contribution < -0.4 is 50.2 Å². The summed E-state index contributed by atoms with van der Waals surface area (Å²) in [6, 6.07) is 4.31. The zero-order valence-corrected chi connectivity index (χ0v) is 19.4. The number of rotatable bonds is 7. The van der Waals surface area contributed by atoms with Crippen molar-refractivity contribution in [1.29, 1.82) is 0 Å². The first-order valence-electron chi connectivity index (χ1n) is 8.61. The van der Waals surface area contributed by atoms with Gasteiger partial charge in [-0.15, -0.1) is 0 Å². The summed E-state index contributed by atoms with van der Waals surface area (Å²) in [5.74, 6) is -0.194. The molecule has 13 nitrogen and oxygen atoms in total. The number of benzene rings is 1. The van der Waals surface area contributed by atoms with Gasteiger partial charge in [-0.1, -0.05) is 0 Å². The molecule has 0 aliphatic carbocycles. The van der Waals surface area contributed by atoms with Crippen LogP contribution in [0.25, 0.3) is 0 Å². The number of phosphoric acid groups is 1. The van der Waals surface area contributed by atoms with Crippen molar-refractivity contribution in [2.45, 2.75) is 31.8 Å². The number of phosphoric ester groups is 1. The van der Waals surface area contributed by atoms with Gasteiger partial charge in [0, 0.05) is 30.3 Å². The molecule has 15 heteroatoms. The second kappa shape index (κ2) is 10.2. The van der Waals surface area contributed by atoms with E-state index < -0.39 is 49.0 Å². The zero-order chi connectivity index (χ0) is 22.1. The largest absolute Gasteiger partial charge is 1.00 e. The van der Waals surface area contributed by atoms with Crippen LogP contribution >= 0.6 is 7.82 Å². The normalized spacial score (nSPS) is 22.4. The van der Waals surface area contributed by atoms with Crippen molar-refractivity contribution in [1.82, 2.24) is 9.55 Å². The Morgan fingerprint density at radius 3 is 2.61 bits per heavy atom. The minimum Gasteiger partial charge on any atom is -0.746 e. The number of nitrogens with one attached hydrogen (secondary N) is 1. The molecule has 0 saturated carbocycles. The molecule has 1 fully saturated rings. The average molecular weight is 465 g/mol. The summed E-state index contributed by atoms with van der Waals surface area (Å²) < 4.78 is 28.0. The molecule has 1 saturated heterocycles. The molecule has 0 radical (unpaired) electrons. The smallest absolute Gasteiger partial charge is 0.746 e. The number of aryl methyl sites for hydroxylation is 1. The summed E-state index contributed by atoms with van der Waals surface area (Å²) in [6.07, 6.45) is -1.92. The monoisotopic (exact) mass is 465 g/mol. The first-order valence-corrected chi connectivity index (χ1v) is 10.1. The average Bonchev–Trinajstić information content (AvgIpc) is 3.03. The fourth-order valence-electron chi connectivity index (χ4n) is 2.78. The van der Waals surface area contributed by atoms with Gasteiger partial charge in [0.1, 0.15) is 18.1 Å². The molecule has 2 N–H and O–H groups in total. The Morgan fingerprint density at radius 1 is 1.35 bits per heavy atom. The van der Waals surface area contributed by atoms with E-state index in [4.69, 9.17) is 13.8 Å². The van der Waals surface area contributed by atoms with Crippen molar-refractivity contribution in [3.8, 4) is 5.75 Å². The number of aromatic amines is 1. The quantitative estimate of drug-likeness (QED) is 0.184. The molecular formula is C16H17N3NaO10P. The Balaban J connectivity index is 0.00000341. The third-order valence-electron chi connectivity index (χ3n) is 4.32.